The molecule has 0 amide bonds. The predicted octanol–water partition coefficient (Wildman–Crippen LogP) is 3.12. The molecule has 0 fully saturated rings. The Kier molecular flexibility index (Phi) is 2.98. The van der Waals surface area contributed by atoms with Gasteiger partial charge in [-0.15, -0.1) is 0 Å². The predicted molar refractivity (Wildman–Crippen MR) is 63.7 cm³/mol. The molecule has 0 bridgehead atoms. The summed E-state index contributed by atoms with van der Waals surface area (Å²) in [6.07, 6.45) is 2.20. The van der Waals surface area contributed by atoms with E-state index < -0.39 is 0 Å². The van der Waals surface area contributed by atoms with Gasteiger partial charge in [-0.1, -0.05) is 30.3 Å². The maximum atomic E-state index is 8.74. The number of rotatable bonds is 2. The second-order valence-electron chi connectivity index (χ2n) is 3.64. The topological polar surface area (TPSA) is 36.7 Å². The number of benzene rings is 1. The molecular formula is C14H12N2. The first kappa shape index (κ1) is 10.4. The van der Waals surface area contributed by atoms with Crippen molar-refractivity contribution in [2.24, 2.45) is 0 Å². The number of pyridine rings is 1. The first-order valence-electron chi connectivity index (χ1n) is 5.20. The lowest BCUT2D eigenvalue weighted by Crippen LogP contribution is -1.94. The lowest BCUT2D eigenvalue weighted by molar-refractivity contribution is 1.16. The van der Waals surface area contributed by atoms with E-state index in [-0.39, 0.29) is 0 Å². The van der Waals surface area contributed by atoms with Crippen LogP contribution in [0.3, 0.4) is 0 Å². The van der Waals surface area contributed by atoms with Gasteiger partial charge < -0.3 is 0 Å². The largest absolute Gasteiger partial charge is 0.256 e. The van der Waals surface area contributed by atoms with E-state index in [1.54, 1.807) is 6.20 Å². The summed E-state index contributed by atoms with van der Waals surface area (Å²) in [5.41, 5.74) is 4.21. The number of hydrogen-bond donors (Lipinski definition) is 0. The molecule has 0 saturated carbocycles. The highest BCUT2D eigenvalue weighted by Gasteiger charge is 2.06. The second kappa shape index (κ2) is 4.59. The van der Waals surface area contributed by atoms with Crippen LogP contribution in [0, 0.1) is 18.3 Å². The third-order valence-electron chi connectivity index (χ3n) is 2.63. The zero-order valence-electron chi connectivity index (χ0n) is 9.14. The van der Waals surface area contributed by atoms with Crippen LogP contribution in [0.25, 0.3) is 11.3 Å². The normalized spacial score (nSPS) is 9.75. The molecule has 78 valence electrons. The number of hydrogen-bond acceptors (Lipinski definition) is 2. The van der Waals surface area contributed by atoms with Crippen LogP contribution in [0.15, 0.2) is 42.6 Å². The van der Waals surface area contributed by atoms with E-state index in [0.29, 0.717) is 6.42 Å². The first-order chi connectivity index (χ1) is 7.83. The molecule has 1 aromatic carbocycles. The van der Waals surface area contributed by atoms with Crippen molar-refractivity contribution in [2.45, 2.75) is 13.3 Å². The summed E-state index contributed by atoms with van der Waals surface area (Å²) in [5.74, 6) is 0. The summed E-state index contributed by atoms with van der Waals surface area (Å²) in [5, 5.41) is 8.74. The van der Waals surface area contributed by atoms with E-state index in [1.165, 1.54) is 0 Å². The first-order valence-corrected chi connectivity index (χ1v) is 5.20. The van der Waals surface area contributed by atoms with Gasteiger partial charge in [0.15, 0.2) is 0 Å². The Morgan fingerprint density at radius 3 is 2.62 bits per heavy atom. The van der Waals surface area contributed by atoms with Crippen LogP contribution in [-0.4, -0.2) is 4.98 Å². The average molecular weight is 208 g/mol. The third-order valence-corrected chi connectivity index (χ3v) is 2.63. The van der Waals surface area contributed by atoms with Crippen LogP contribution in [-0.2, 0) is 6.42 Å². The Bertz CT molecular complexity index is 524. The fourth-order valence-corrected chi connectivity index (χ4v) is 1.74. The molecule has 2 rings (SSSR count). The Morgan fingerprint density at radius 2 is 1.94 bits per heavy atom. The zero-order valence-corrected chi connectivity index (χ0v) is 9.14. The van der Waals surface area contributed by atoms with E-state index in [2.05, 4.69) is 11.1 Å². The molecule has 0 aliphatic rings. The van der Waals surface area contributed by atoms with Gasteiger partial charge in [0.2, 0.25) is 0 Å². The van der Waals surface area contributed by atoms with Crippen molar-refractivity contribution >= 4 is 0 Å². The van der Waals surface area contributed by atoms with Gasteiger partial charge in [0, 0.05) is 11.8 Å². The Hall–Kier alpha value is -2.14. The van der Waals surface area contributed by atoms with E-state index in [0.717, 1.165) is 22.4 Å². The molecule has 1 heterocycles. The van der Waals surface area contributed by atoms with Crippen molar-refractivity contribution in [3.05, 3.63) is 53.7 Å². The van der Waals surface area contributed by atoms with Crippen molar-refractivity contribution in [1.82, 2.24) is 4.98 Å². The Balaban J connectivity index is 2.51. The molecule has 0 unspecified atom stereocenters. The molecule has 16 heavy (non-hydrogen) atoms. The van der Waals surface area contributed by atoms with Gasteiger partial charge >= 0.3 is 0 Å². The summed E-state index contributed by atoms with van der Waals surface area (Å²) >= 11 is 0. The standard InChI is InChI=1S/C14H12N2/c1-11-12(7-9-15)8-10-16-14(11)13-5-3-2-4-6-13/h2-6,8,10H,7H2,1H3. The van der Waals surface area contributed by atoms with Crippen molar-refractivity contribution in [1.29, 1.82) is 5.26 Å². The molecule has 0 aliphatic carbocycles. The van der Waals surface area contributed by atoms with Gasteiger partial charge in [-0.25, -0.2) is 0 Å². The second-order valence-corrected chi connectivity index (χ2v) is 3.64. The summed E-state index contributed by atoms with van der Waals surface area (Å²) in [4.78, 5) is 4.38. The highest BCUT2D eigenvalue weighted by molar-refractivity contribution is 5.64. The van der Waals surface area contributed by atoms with Crippen LogP contribution >= 0.6 is 0 Å². The lowest BCUT2D eigenvalue weighted by atomic mass is 10.0. The minimum absolute atomic E-state index is 0.439. The van der Waals surface area contributed by atoms with Gasteiger partial charge in [0.05, 0.1) is 18.2 Å². The van der Waals surface area contributed by atoms with Crippen LogP contribution in [0.5, 0.6) is 0 Å². The summed E-state index contributed by atoms with van der Waals surface area (Å²) in [7, 11) is 0. The van der Waals surface area contributed by atoms with Crippen molar-refractivity contribution in [2.75, 3.05) is 0 Å². The van der Waals surface area contributed by atoms with Gasteiger partial charge in [-0.05, 0) is 24.1 Å². The van der Waals surface area contributed by atoms with Crippen LogP contribution in [0.4, 0.5) is 0 Å². The van der Waals surface area contributed by atoms with E-state index >= 15 is 0 Å². The lowest BCUT2D eigenvalue weighted by Gasteiger charge is -2.07. The minimum Gasteiger partial charge on any atom is -0.256 e. The smallest absolute Gasteiger partial charge is 0.0734 e. The van der Waals surface area contributed by atoms with Gasteiger partial charge in [0.1, 0.15) is 0 Å². The van der Waals surface area contributed by atoms with Gasteiger partial charge in [-0.3, -0.25) is 4.98 Å². The van der Waals surface area contributed by atoms with Gasteiger partial charge in [0.25, 0.3) is 0 Å². The Morgan fingerprint density at radius 1 is 1.19 bits per heavy atom. The average Bonchev–Trinajstić information content (AvgIpc) is 2.33. The number of nitriles is 1. The summed E-state index contributed by atoms with van der Waals surface area (Å²) in [6, 6.07) is 14.1. The Labute approximate surface area is 95.2 Å². The molecule has 0 spiro atoms. The number of aromatic nitrogens is 1. The molecule has 0 N–H and O–H groups in total. The molecule has 1 aromatic heterocycles. The van der Waals surface area contributed by atoms with Crippen LogP contribution in [0.1, 0.15) is 11.1 Å². The van der Waals surface area contributed by atoms with Crippen molar-refractivity contribution in [3.8, 4) is 17.3 Å². The van der Waals surface area contributed by atoms with Crippen molar-refractivity contribution < 1.29 is 0 Å². The van der Waals surface area contributed by atoms with E-state index in [4.69, 9.17) is 5.26 Å². The third kappa shape index (κ3) is 1.94. The molecule has 2 heteroatoms. The van der Waals surface area contributed by atoms with Crippen molar-refractivity contribution in [3.63, 3.8) is 0 Å². The maximum Gasteiger partial charge on any atom is 0.0734 e. The molecule has 2 aromatic rings. The molecule has 0 radical (unpaired) electrons. The van der Waals surface area contributed by atoms with E-state index in [9.17, 15) is 0 Å². The fraction of sp³-hybridized carbons (Fsp3) is 0.143. The van der Waals surface area contributed by atoms with Crippen LogP contribution < -0.4 is 0 Å². The van der Waals surface area contributed by atoms with Gasteiger partial charge in [-0.2, -0.15) is 5.26 Å². The molecule has 2 nitrogen and oxygen atoms in total. The minimum atomic E-state index is 0.439. The highest BCUT2D eigenvalue weighted by Crippen LogP contribution is 2.22. The maximum absolute atomic E-state index is 8.74. The molecule has 0 atom stereocenters. The number of nitrogens with zero attached hydrogens (tertiary/aromatic N) is 2. The highest BCUT2D eigenvalue weighted by atomic mass is 14.7. The zero-order chi connectivity index (χ0) is 11.4. The SMILES string of the molecule is Cc1c(CC#N)ccnc1-c1ccccc1. The molecule has 0 aliphatic heterocycles. The quantitative estimate of drug-likeness (QED) is 0.760. The fourth-order valence-electron chi connectivity index (χ4n) is 1.74. The summed E-state index contributed by atoms with van der Waals surface area (Å²) in [6.45, 7) is 2.02. The molecule has 0 saturated heterocycles. The monoisotopic (exact) mass is 208 g/mol. The molecular weight excluding hydrogens is 196 g/mol. The summed E-state index contributed by atoms with van der Waals surface area (Å²) < 4.78 is 0. The van der Waals surface area contributed by atoms with Crippen LogP contribution in [0.2, 0.25) is 0 Å². The van der Waals surface area contributed by atoms with E-state index in [1.807, 2.05) is 43.3 Å².